The first kappa shape index (κ1) is 22.0. The van der Waals surface area contributed by atoms with Gasteiger partial charge in [0.05, 0.1) is 5.75 Å². The molecule has 0 saturated carbocycles. The molecule has 0 aliphatic carbocycles. The van der Waals surface area contributed by atoms with Gasteiger partial charge in [-0.25, -0.2) is 8.78 Å². The van der Waals surface area contributed by atoms with Gasteiger partial charge in [-0.05, 0) is 54.1 Å². The Morgan fingerprint density at radius 1 is 0.844 bits per heavy atom. The number of halogens is 2. The van der Waals surface area contributed by atoms with Crippen LogP contribution in [0.4, 0.5) is 20.3 Å². The minimum Gasteiger partial charge on any atom is -0.368 e. The van der Waals surface area contributed by atoms with Crippen LogP contribution in [-0.4, -0.2) is 48.0 Å². The second-order valence-electron chi connectivity index (χ2n) is 7.37. The molecule has 1 aromatic heterocycles. The summed E-state index contributed by atoms with van der Waals surface area (Å²) in [5.74, 6) is 0.375. The molecule has 2 heterocycles. The molecule has 166 valence electrons. The lowest BCUT2D eigenvalue weighted by atomic mass is 10.2. The Morgan fingerprint density at radius 2 is 1.47 bits per heavy atom. The van der Waals surface area contributed by atoms with Gasteiger partial charge in [0.1, 0.15) is 16.7 Å². The number of hydrogen-bond donors (Lipinski definition) is 1. The summed E-state index contributed by atoms with van der Waals surface area (Å²) >= 11 is 1.32. The fourth-order valence-electron chi connectivity index (χ4n) is 3.40. The maximum absolute atomic E-state index is 13.1. The Kier molecular flexibility index (Phi) is 7.16. The van der Waals surface area contributed by atoms with Gasteiger partial charge in [0, 0.05) is 38.4 Å². The van der Waals surface area contributed by atoms with E-state index in [1.807, 2.05) is 12.1 Å². The van der Waals surface area contributed by atoms with Crippen LogP contribution in [0.15, 0.2) is 65.7 Å². The van der Waals surface area contributed by atoms with Gasteiger partial charge >= 0.3 is 0 Å². The third-order valence-electron chi connectivity index (χ3n) is 5.18. The lowest BCUT2D eigenvalue weighted by Crippen LogP contribution is -2.46. The second kappa shape index (κ2) is 10.4. The summed E-state index contributed by atoms with van der Waals surface area (Å²) in [5.41, 5.74) is 1.86. The highest BCUT2D eigenvalue weighted by atomic mass is 32.2. The van der Waals surface area contributed by atoms with E-state index in [9.17, 15) is 13.6 Å². The lowest BCUT2D eigenvalue weighted by Gasteiger charge is -2.36. The number of hydrogen-bond acceptors (Lipinski definition) is 6. The summed E-state index contributed by atoms with van der Waals surface area (Å²) in [4.78, 5) is 16.4. The number of nitrogens with zero attached hydrogens (tertiary/aromatic N) is 4. The number of amides is 1. The number of anilines is 2. The van der Waals surface area contributed by atoms with E-state index in [1.54, 1.807) is 24.3 Å². The highest BCUT2D eigenvalue weighted by Crippen LogP contribution is 2.21. The monoisotopic (exact) mass is 455 g/mol. The fourth-order valence-corrected chi connectivity index (χ4v) is 4.04. The summed E-state index contributed by atoms with van der Waals surface area (Å²) in [6.07, 6.45) is 0. The van der Waals surface area contributed by atoms with E-state index in [4.69, 9.17) is 0 Å². The largest absolute Gasteiger partial charge is 0.368 e. The van der Waals surface area contributed by atoms with E-state index in [-0.39, 0.29) is 23.3 Å². The van der Waals surface area contributed by atoms with Crippen LogP contribution in [0.25, 0.3) is 0 Å². The van der Waals surface area contributed by atoms with Crippen LogP contribution >= 0.6 is 11.8 Å². The molecule has 1 N–H and O–H groups in total. The van der Waals surface area contributed by atoms with Crippen molar-refractivity contribution in [1.29, 1.82) is 0 Å². The molecule has 2 aromatic carbocycles. The average Bonchev–Trinajstić information content (AvgIpc) is 2.83. The van der Waals surface area contributed by atoms with Crippen molar-refractivity contribution >= 4 is 29.2 Å². The molecule has 6 nitrogen and oxygen atoms in total. The molecule has 0 unspecified atom stereocenters. The predicted octanol–water partition coefficient (Wildman–Crippen LogP) is 3.49. The van der Waals surface area contributed by atoms with Crippen molar-refractivity contribution in [1.82, 2.24) is 15.5 Å². The zero-order chi connectivity index (χ0) is 22.3. The Balaban J connectivity index is 1.21. The molecule has 0 atom stereocenters. The summed E-state index contributed by atoms with van der Waals surface area (Å²) in [5, 5.41) is 12.0. The van der Waals surface area contributed by atoms with Crippen LogP contribution < -0.4 is 15.1 Å². The molecule has 0 spiro atoms. The van der Waals surface area contributed by atoms with Gasteiger partial charge in [-0.1, -0.05) is 23.9 Å². The molecule has 32 heavy (non-hydrogen) atoms. The van der Waals surface area contributed by atoms with E-state index >= 15 is 0 Å². The average molecular weight is 456 g/mol. The molecule has 3 aromatic rings. The minimum absolute atomic E-state index is 0.123. The number of aromatic nitrogens is 2. The molecule has 4 rings (SSSR count). The first-order valence-electron chi connectivity index (χ1n) is 10.3. The molecule has 1 fully saturated rings. The van der Waals surface area contributed by atoms with Gasteiger partial charge in [0.25, 0.3) is 0 Å². The van der Waals surface area contributed by atoms with Crippen molar-refractivity contribution in [3.63, 3.8) is 0 Å². The zero-order valence-corrected chi connectivity index (χ0v) is 18.2. The number of carbonyl (C=O) groups is 1. The summed E-state index contributed by atoms with van der Waals surface area (Å²) in [6.45, 7) is 3.58. The molecule has 9 heteroatoms. The van der Waals surface area contributed by atoms with Crippen LogP contribution in [0.1, 0.15) is 5.56 Å². The third kappa shape index (κ3) is 5.94. The SMILES string of the molecule is O=C(CSc1ccc(N2CCN(c3ccc(F)cc3)CC2)nn1)NCc1ccc(F)cc1. The maximum Gasteiger partial charge on any atom is 0.230 e. The first-order chi connectivity index (χ1) is 15.6. The van der Waals surface area contributed by atoms with Crippen LogP contribution in [0.2, 0.25) is 0 Å². The molecule has 1 aliphatic rings. The van der Waals surface area contributed by atoms with Crippen molar-refractivity contribution in [2.45, 2.75) is 11.6 Å². The number of rotatable bonds is 7. The van der Waals surface area contributed by atoms with Crippen LogP contribution in [0, 0.1) is 11.6 Å². The Hall–Kier alpha value is -3.20. The molecule has 1 aliphatic heterocycles. The van der Waals surface area contributed by atoms with Crippen molar-refractivity contribution in [3.8, 4) is 0 Å². The standard InChI is InChI=1S/C23H23F2N5OS/c24-18-3-1-17(2-4-18)15-26-22(31)16-32-23-10-9-21(27-28-23)30-13-11-29(12-14-30)20-7-5-19(25)6-8-20/h1-10H,11-16H2,(H,26,31). The summed E-state index contributed by atoms with van der Waals surface area (Å²) in [7, 11) is 0. The van der Waals surface area contributed by atoms with Gasteiger partial charge in [-0.3, -0.25) is 4.79 Å². The van der Waals surface area contributed by atoms with Crippen LogP contribution in [-0.2, 0) is 11.3 Å². The van der Waals surface area contributed by atoms with Crippen molar-refractivity contribution < 1.29 is 13.6 Å². The highest BCUT2D eigenvalue weighted by molar-refractivity contribution is 7.99. The summed E-state index contributed by atoms with van der Waals surface area (Å²) < 4.78 is 26.0. The van der Waals surface area contributed by atoms with E-state index in [2.05, 4.69) is 25.3 Å². The highest BCUT2D eigenvalue weighted by Gasteiger charge is 2.19. The van der Waals surface area contributed by atoms with Gasteiger partial charge in [0.2, 0.25) is 5.91 Å². The van der Waals surface area contributed by atoms with E-state index < -0.39 is 0 Å². The van der Waals surface area contributed by atoms with Crippen LogP contribution in [0.5, 0.6) is 0 Å². The Bertz CT molecular complexity index is 1020. The van der Waals surface area contributed by atoms with Crippen molar-refractivity contribution in [3.05, 3.63) is 77.9 Å². The number of benzene rings is 2. The van der Waals surface area contributed by atoms with Crippen molar-refractivity contribution in [2.75, 3.05) is 41.7 Å². The lowest BCUT2D eigenvalue weighted by molar-refractivity contribution is -0.118. The van der Waals surface area contributed by atoms with E-state index in [1.165, 1.54) is 36.0 Å². The molecule has 1 amide bonds. The Morgan fingerprint density at radius 3 is 2.09 bits per heavy atom. The van der Waals surface area contributed by atoms with Gasteiger partial charge in [-0.15, -0.1) is 10.2 Å². The number of nitrogens with one attached hydrogen (secondary N) is 1. The van der Waals surface area contributed by atoms with Gasteiger partial charge in [-0.2, -0.15) is 0 Å². The zero-order valence-electron chi connectivity index (χ0n) is 17.4. The molecular formula is C23H23F2N5OS. The van der Waals surface area contributed by atoms with E-state index in [0.29, 0.717) is 11.6 Å². The van der Waals surface area contributed by atoms with Gasteiger partial charge < -0.3 is 15.1 Å². The normalized spacial score (nSPS) is 13.8. The Labute approximate surface area is 189 Å². The molecule has 0 bridgehead atoms. The fraction of sp³-hybridized carbons (Fsp3) is 0.261. The first-order valence-corrected chi connectivity index (χ1v) is 11.3. The number of carbonyl (C=O) groups excluding carboxylic acids is 1. The predicted molar refractivity (Wildman–Crippen MR) is 122 cm³/mol. The summed E-state index contributed by atoms with van der Waals surface area (Å²) in [6, 6.07) is 16.4. The maximum atomic E-state index is 13.1. The van der Waals surface area contributed by atoms with Gasteiger partial charge in [0.15, 0.2) is 5.82 Å². The molecule has 1 saturated heterocycles. The van der Waals surface area contributed by atoms with Crippen molar-refractivity contribution in [2.24, 2.45) is 0 Å². The third-order valence-corrected chi connectivity index (χ3v) is 6.10. The quantitative estimate of drug-likeness (QED) is 0.551. The smallest absolute Gasteiger partial charge is 0.230 e. The molecular weight excluding hydrogens is 432 g/mol. The van der Waals surface area contributed by atoms with Crippen LogP contribution in [0.3, 0.4) is 0 Å². The van der Waals surface area contributed by atoms with E-state index in [0.717, 1.165) is 43.2 Å². The number of piperazine rings is 1. The second-order valence-corrected chi connectivity index (χ2v) is 8.37. The minimum atomic E-state index is -0.299. The topological polar surface area (TPSA) is 61.4 Å². The molecule has 0 radical (unpaired) electrons. The number of thioether (sulfide) groups is 1.